The van der Waals surface area contributed by atoms with Crippen LogP contribution in [0.2, 0.25) is 5.28 Å². The van der Waals surface area contributed by atoms with Crippen molar-refractivity contribution in [3.8, 4) is 11.6 Å². The first-order chi connectivity index (χ1) is 10.5. The molecule has 1 aromatic carbocycles. The number of aromatic hydroxyl groups is 1. The molecule has 1 N–H and O–H groups in total. The summed E-state index contributed by atoms with van der Waals surface area (Å²) in [4.78, 5) is 7.51. The van der Waals surface area contributed by atoms with Gasteiger partial charge >= 0.3 is 0 Å². The van der Waals surface area contributed by atoms with Gasteiger partial charge in [-0.05, 0) is 48.6 Å². The average molecular weight is 319 g/mol. The summed E-state index contributed by atoms with van der Waals surface area (Å²) in [5.41, 5.74) is 4.87. The molecule has 0 atom stereocenters. The lowest BCUT2D eigenvalue weighted by atomic mass is 10.00. The summed E-state index contributed by atoms with van der Waals surface area (Å²) < 4.78 is 5.48. The van der Waals surface area contributed by atoms with E-state index in [0.717, 1.165) is 12.0 Å². The molecular formula is C17H19ClN2O2. The molecule has 2 rings (SSSR count). The number of halogens is 1. The van der Waals surface area contributed by atoms with E-state index in [1.807, 2.05) is 12.1 Å². The van der Waals surface area contributed by atoms with Gasteiger partial charge in [0.2, 0.25) is 5.28 Å². The fourth-order valence-corrected chi connectivity index (χ4v) is 2.09. The summed E-state index contributed by atoms with van der Waals surface area (Å²) in [6.07, 6.45) is 2.26. The number of benzene rings is 1. The molecule has 0 radical (unpaired) electrons. The van der Waals surface area contributed by atoms with E-state index in [1.54, 1.807) is 0 Å². The van der Waals surface area contributed by atoms with Crippen molar-refractivity contribution in [2.75, 3.05) is 0 Å². The molecular weight excluding hydrogens is 300 g/mol. The fourth-order valence-electron chi connectivity index (χ4n) is 1.96. The van der Waals surface area contributed by atoms with Gasteiger partial charge in [-0.3, -0.25) is 0 Å². The van der Waals surface area contributed by atoms with Crippen LogP contribution in [0.5, 0.6) is 11.6 Å². The molecule has 22 heavy (non-hydrogen) atoms. The maximum Gasteiger partial charge on any atom is 0.261 e. The molecule has 1 aromatic heterocycles. The Balaban J connectivity index is 2.07. The molecule has 4 nitrogen and oxygen atoms in total. The van der Waals surface area contributed by atoms with E-state index in [9.17, 15) is 5.11 Å². The Bertz CT molecular complexity index is 682. The van der Waals surface area contributed by atoms with Crippen LogP contribution in [0.1, 0.15) is 38.3 Å². The van der Waals surface area contributed by atoms with Gasteiger partial charge in [0.15, 0.2) is 5.75 Å². The maximum atomic E-state index is 9.60. The first-order valence-corrected chi connectivity index (χ1v) is 7.49. The number of nitrogens with zero attached hydrogens (tertiary/aromatic N) is 2. The van der Waals surface area contributed by atoms with Crippen molar-refractivity contribution in [1.29, 1.82) is 0 Å². The normalized spacial score (nSPS) is 12.0. The Hall–Kier alpha value is -2.07. The predicted molar refractivity (Wildman–Crippen MR) is 88.0 cm³/mol. The van der Waals surface area contributed by atoms with Crippen LogP contribution < -0.4 is 4.74 Å². The second-order valence-corrected chi connectivity index (χ2v) is 5.41. The number of ether oxygens (including phenoxy) is 1. The number of hydrogen-bond acceptors (Lipinski definition) is 4. The number of rotatable bonds is 5. The van der Waals surface area contributed by atoms with Gasteiger partial charge in [-0.25, -0.2) is 4.98 Å². The molecule has 1 heterocycles. The summed E-state index contributed by atoms with van der Waals surface area (Å²) in [7, 11) is 0. The van der Waals surface area contributed by atoms with Gasteiger partial charge in [-0.15, -0.1) is 0 Å². The predicted octanol–water partition coefficient (Wildman–Crippen LogP) is 4.62. The zero-order valence-electron chi connectivity index (χ0n) is 12.9. The molecule has 0 bridgehead atoms. The Kier molecular flexibility index (Phi) is 5.39. The van der Waals surface area contributed by atoms with Crippen LogP contribution >= 0.6 is 11.6 Å². The zero-order chi connectivity index (χ0) is 16.1. The standard InChI is InChI=1S/C17H19ClN2O2/c1-4-11(2)12(3)14-7-5-13(6-8-14)10-22-16-15(21)9-19-17(18)20-16/h5-9,21H,4,10H2,1-3H3. The average Bonchev–Trinajstić information content (AvgIpc) is 2.54. The lowest BCUT2D eigenvalue weighted by molar-refractivity contribution is 0.275. The van der Waals surface area contributed by atoms with Crippen LogP contribution in [0, 0.1) is 0 Å². The van der Waals surface area contributed by atoms with E-state index < -0.39 is 0 Å². The lowest BCUT2D eigenvalue weighted by Crippen LogP contribution is -1.98. The molecule has 2 aromatic rings. The number of allylic oxidation sites excluding steroid dienone is 2. The van der Waals surface area contributed by atoms with Crippen molar-refractivity contribution >= 4 is 17.2 Å². The zero-order valence-corrected chi connectivity index (χ0v) is 13.7. The monoisotopic (exact) mass is 318 g/mol. The van der Waals surface area contributed by atoms with E-state index in [0.29, 0.717) is 6.61 Å². The van der Waals surface area contributed by atoms with E-state index in [1.165, 1.54) is 22.9 Å². The lowest BCUT2D eigenvalue weighted by Gasteiger charge is -2.09. The first kappa shape index (κ1) is 16.3. The number of aromatic nitrogens is 2. The van der Waals surface area contributed by atoms with Crippen molar-refractivity contribution in [2.24, 2.45) is 0 Å². The fraction of sp³-hybridized carbons (Fsp3) is 0.294. The first-order valence-electron chi connectivity index (χ1n) is 7.11. The summed E-state index contributed by atoms with van der Waals surface area (Å²) in [5.74, 6) is -0.0413. The minimum atomic E-state index is -0.127. The highest BCUT2D eigenvalue weighted by Gasteiger charge is 2.07. The maximum absolute atomic E-state index is 9.60. The highest BCUT2D eigenvalue weighted by molar-refractivity contribution is 6.28. The topological polar surface area (TPSA) is 55.2 Å². The van der Waals surface area contributed by atoms with Crippen molar-refractivity contribution in [1.82, 2.24) is 9.97 Å². The molecule has 0 aliphatic heterocycles. The van der Waals surface area contributed by atoms with E-state index >= 15 is 0 Å². The SMILES string of the molecule is CCC(C)=C(C)c1ccc(COc2nc(Cl)ncc2O)cc1. The van der Waals surface area contributed by atoms with Crippen LogP contribution in [0.25, 0.3) is 5.57 Å². The van der Waals surface area contributed by atoms with Crippen molar-refractivity contribution in [2.45, 2.75) is 33.8 Å². The Morgan fingerprint density at radius 3 is 2.55 bits per heavy atom. The van der Waals surface area contributed by atoms with E-state index in [4.69, 9.17) is 16.3 Å². The van der Waals surface area contributed by atoms with Crippen molar-refractivity contribution < 1.29 is 9.84 Å². The molecule has 0 fully saturated rings. The van der Waals surface area contributed by atoms with Crippen molar-refractivity contribution in [3.05, 3.63) is 52.4 Å². The van der Waals surface area contributed by atoms with E-state index in [-0.39, 0.29) is 16.9 Å². The molecule has 5 heteroatoms. The van der Waals surface area contributed by atoms with Crippen LogP contribution in [0.15, 0.2) is 36.0 Å². The summed E-state index contributed by atoms with van der Waals surface area (Å²) in [6.45, 7) is 6.73. The minimum absolute atomic E-state index is 0.0407. The molecule has 0 aliphatic rings. The smallest absolute Gasteiger partial charge is 0.261 e. The van der Waals surface area contributed by atoms with Crippen LogP contribution in [-0.4, -0.2) is 15.1 Å². The quantitative estimate of drug-likeness (QED) is 0.817. The van der Waals surface area contributed by atoms with Crippen LogP contribution in [0.4, 0.5) is 0 Å². The molecule has 116 valence electrons. The van der Waals surface area contributed by atoms with Gasteiger partial charge in [0, 0.05) is 0 Å². The molecule has 0 unspecified atom stereocenters. The number of hydrogen-bond donors (Lipinski definition) is 1. The molecule has 0 amide bonds. The van der Waals surface area contributed by atoms with Gasteiger partial charge in [0.25, 0.3) is 5.88 Å². The van der Waals surface area contributed by atoms with Crippen molar-refractivity contribution in [3.63, 3.8) is 0 Å². The van der Waals surface area contributed by atoms with E-state index in [2.05, 4.69) is 42.9 Å². The molecule has 0 spiro atoms. The third-order valence-electron chi connectivity index (χ3n) is 3.64. The van der Waals surface area contributed by atoms with Gasteiger partial charge < -0.3 is 9.84 Å². The minimum Gasteiger partial charge on any atom is -0.502 e. The third-order valence-corrected chi connectivity index (χ3v) is 3.82. The Morgan fingerprint density at radius 1 is 1.23 bits per heavy atom. The van der Waals surface area contributed by atoms with Crippen LogP contribution in [-0.2, 0) is 6.61 Å². The molecule has 0 saturated heterocycles. The summed E-state index contributed by atoms with van der Waals surface area (Å²) in [6, 6.07) is 8.14. The van der Waals surface area contributed by atoms with Gasteiger partial charge in [-0.1, -0.05) is 36.8 Å². The molecule has 0 aliphatic carbocycles. The van der Waals surface area contributed by atoms with Crippen LogP contribution in [0.3, 0.4) is 0 Å². The molecule has 0 saturated carbocycles. The van der Waals surface area contributed by atoms with Gasteiger partial charge in [-0.2, -0.15) is 4.98 Å². The highest BCUT2D eigenvalue weighted by Crippen LogP contribution is 2.24. The Morgan fingerprint density at radius 2 is 1.91 bits per heavy atom. The third kappa shape index (κ3) is 3.98. The second kappa shape index (κ2) is 7.27. The van der Waals surface area contributed by atoms with Gasteiger partial charge in [0.1, 0.15) is 6.61 Å². The Labute approximate surface area is 135 Å². The summed E-state index contributed by atoms with van der Waals surface area (Å²) >= 11 is 5.68. The second-order valence-electron chi connectivity index (χ2n) is 5.07. The highest BCUT2D eigenvalue weighted by atomic mass is 35.5. The largest absolute Gasteiger partial charge is 0.502 e. The summed E-state index contributed by atoms with van der Waals surface area (Å²) in [5, 5.41) is 9.64. The van der Waals surface area contributed by atoms with Gasteiger partial charge in [0.05, 0.1) is 6.20 Å².